The molecule has 4 heteroatoms. The first-order valence-electron chi connectivity index (χ1n) is 6.71. The van der Waals surface area contributed by atoms with Gasteiger partial charge in [0.1, 0.15) is 0 Å². The maximum atomic E-state index is 12.1. The van der Waals surface area contributed by atoms with E-state index in [0.29, 0.717) is 18.7 Å². The Hall–Kier alpha value is -2.12. The summed E-state index contributed by atoms with van der Waals surface area (Å²) in [6.45, 7) is 5.20. The molecule has 0 aliphatic carbocycles. The molecule has 1 aromatic rings. The average molecular weight is 270 g/mol. The Morgan fingerprint density at radius 2 is 1.90 bits per heavy atom. The minimum Gasteiger partial charge on any atom is -0.372 e. The van der Waals surface area contributed by atoms with Crippen LogP contribution in [0.25, 0.3) is 6.08 Å². The minimum absolute atomic E-state index is 0.00337. The number of benzene rings is 1. The van der Waals surface area contributed by atoms with Gasteiger partial charge in [-0.3, -0.25) is 4.79 Å². The van der Waals surface area contributed by atoms with Gasteiger partial charge in [-0.2, -0.15) is 5.26 Å². The van der Waals surface area contributed by atoms with Gasteiger partial charge in [-0.15, -0.1) is 0 Å². The van der Waals surface area contributed by atoms with E-state index in [0.717, 1.165) is 5.56 Å². The normalized spacial score (nSPS) is 22.8. The molecule has 4 nitrogen and oxygen atoms in total. The summed E-state index contributed by atoms with van der Waals surface area (Å²) in [5, 5.41) is 8.73. The Labute approximate surface area is 119 Å². The third-order valence-electron chi connectivity index (χ3n) is 3.19. The van der Waals surface area contributed by atoms with Crippen molar-refractivity contribution in [1.29, 1.82) is 5.26 Å². The lowest BCUT2D eigenvalue weighted by atomic mass is 10.1. The summed E-state index contributed by atoms with van der Waals surface area (Å²) in [5.41, 5.74) is 1.52. The first-order valence-corrected chi connectivity index (χ1v) is 6.71. The summed E-state index contributed by atoms with van der Waals surface area (Å²) < 4.78 is 5.61. The molecule has 0 N–H and O–H groups in total. The third kappa shape index (κ3) is 3.69. The summed E-state index contributed by atoms with van der Waals surface area (Å²) in [6, 6.07) is 9.20. The van der Waals surface area contributed by atoms with Crippen LogP contribution in [0.3, 0.4) is 0 Å². The Bertz CT molecular complexity index is 533. The van der Waals surface area contributed by atoms with Crippen molar-refractivity contribution in [3.05, 3.63) is 41.5 Å². The van der Waals surface area contributed by atoms with Gasteiger partial charge in [-0.25, -0.2) is 0 Å². The molecule has 1 aromatic carbocycles. The van der Waals surface area contributed by atoms with Gasteiger partial charge in [0, 0.05) is 19.2 Å². The number of carbonyl (C=O) groups excluding carboxylic acids is 1. The van der Waals surface area contributed by atoms with Gasteiger partial charge in [0.15, 0.2) is 0 Å². The van der Waals surface area contributed by atoms with Crippen molar-refractivity contribution in [1.82, 2.24) is 4.90 Å². The zero-order valence-corrected chi connectivity index (χ0v) is 11.7. The Balaban J connectivity index is 1.99. The highest BCUT2D eigenvalue weighted by molar-refractivity contribution is 5.91. The molecule has 1 aliphatic rings. The van der Waals surface area contributed by atoms with Crippen LogP contribution >= 0.6 is 0 Å². The van der Waals surface area contributed by atoms with Crippen LogP contribution < -0.4 is 0 Å². The molecule has 0 radical (unpaired) electrons. The number of nitriles is 1. The number of ether oxygens (including phenoxy) is 1. The Kier molecular flexibility index (Phi) is 4.54. The number of hydrogen-bond acceptors (Lipinski definition) is 3. The zero-order chi connectivity index (χ0) is 14.5. The van der Waals surface area contributed by atoms with E-state index in [9.17, 15) is 4.79 Å². The van der Waals surface area contributed by atoms with Crippen LogP contribution in [0.15, 0.2) is 30.3 Å². The van der Waals surface area contributed by atoms with Gasteiger partial charge in [-0.05, 0) is 37.6 Å². The molecule has 1 saturated heterocycles. The maximum absolute atomic E-state index is 12.1. The Morgan fingerprint density at radius 3 is 2.45 bits per heavy atom. The summed E-state index contributed by atoms with van der Waals surface area (Å²) in [6.07, 6.45) is 3.50. The SMILES string of the molecule is CC1CN(C(=O)C=Cc2ccc(C#N)cc2)CC(C)O1. The predicted molar refractivity (Wildman–Crippen MR) is 76.8 cm³/mol. The van der Waals surface area contributed by atoms with Crippen molar-refractivity contribution in [3.8, 4) is 6.07 Å². The summed E-state index contributed by atoms with van der Waals surface area (Å²) in [7, 11) is 0. The van der Waals surface area contributed by atoms with Crippen LogP contribution in [-0.2, 0) is 9.53 Å². The number of nitrogens with zero attached hydrogens (tertiary/aromatic N) is 2. The highest BCUT2D eigenvalue weighted by Crippen LogP contribution is 2.12. The molecular formula is C16H18N2O2. The lowest BCUT2D eigenvalue weighted by Crippen LogP contribution is -2.47. The fourth-order valence-corrected chi connectivity index (χ4v) is 2.30. The maximum Gasteiger partial charge on any atom is 0.246 e. The summed E-state index contributed by atoms with van der Waals surface area (Å²) >= 11 is 0. The highest BCUT2D eigenvalue weighted by atomic mass is 16.5. The van der Waals surface area contributed by atoms with E-state index in [1.54, 1.807) is 29.2 Å². The van der Waals surface area contributed by atoms with Crippen molar-refractivity contribution in [2.75, 3.05) is 13.1 Å². The van der Waals surface area contributed by atoms with Gasteiger partial charge >= 0.3 is 0 Å². The highest BCUT2D eigenvalue weighted by Gasteiger charge is 2.24. The van der Waals surface area contributed by atoms with Crippen LogP contribution in [0, 0.1) is 11.3 Å². The second-order valence-electron chi connectivity index (χ2n) is 5.07. The average Bonchev–Trinajstić information content (AvgIpc) is 2.44. The first-order chi connectivity index (χ1) is 9.58. The topological polar surface area (TPSA) is 53.3 Å². The van der Waals surface area contributed by atoms with Gasteiger partial charge in [-0.1, -0.05) is 12.1 Å². The second-order valence-corrected chi connectivity index (χ2v) is 5.07. The van der Waals surface area contributed by atoms with Gasteiger partial charge < -0.3 is 9.64 Å². The fraction of sp³-hybridized carbons (Fsp3) is 0.375. The molecule has 1 fully saturated rings. The second kappa shape index (κ2) is 6.36. The van der Waals surface area contributed by atoms with Crippen molar-refractivity contribution in [2.24, 2.45) is 0 Å². The monoisotopic (exact) mass is 270 g/mol. The van der Waals surface area contributed by atoms with E-state index in [1.807, 2.05) is 26.0 Å². The molecule has 0 saturated carbocycles. The standard InChI is InChI=1S/C16H18N2O2/c1-12-10-18(11-13(2)20-12)16(19)8-7-14-3-5-15(9-17)6-4-14/h3-8,12-13H,10-11H2,1-2H3. The first kappa shape index (κ1) is 14.3. The fourth-order valence-electron chi connectivity index (χ4n) is 2.30. The number of morpholine rings is 1. The van der Waals surface area contributed by atoms with Crippen molar-refractivity contribution in [2.45, 2.75) is 26.1 Å². The molecule has 0 bridgehead atoms. The zero-order valence-electron chi connectivity index (χ0n) is 11.7. The molecule has 0 aromatic heterocycles. The van der Waals surface area contributed by atoms with Gasteiger partial charge in [0.05, 0.1) is 23.8 Å². The molecule has 2 unspecified atom stereocenters. The van der Waals surface area contributed by atoms with Gasteiger partial charge in [0.25, 0.3) is 0 Å². The van der Waals surface area contributed by atoms with E-state index < -0.39 is 0 Å². The molecule has 1 aliphatic heterocycles. The van der Waals surface area contributed by atoms with Crippen molar-refractivity contribution >= 4 is 12.0 Å². The summed E-state index contributed by atoms with van der Waals surface area (Å²) in [5.74, 6) is -0.00337. The Morgan fingerprint density at radius 1 is 1.30 bits per heavy atom. The van der Waals surface area contributed by atoms with Crippen LogP contribution in [0.5, 0.6) is 0 Å². The van der Waals surface area contributed by atoms with E-state index in [4.69, 9.17) is 10.00 Å². The number of hydrogen-bond donors (Lipinski definition) is 0. The quantitative estimate of drug-likeness (QED) is 0.774. The molecule has 2 rings (SSSR count). The largest absolute Gasteiger partial charge is 0.372 e. The molecule has 1 amide bonds. The van der Waals surface area contributed by atoms with Crippen molar-refractivity contribution < 1.29 is 9.53 Å². The lowest BCUT2D eigenvalue weighted by Gasteiger charge is -2.34. The molecule has 20 heavy (non-hydrogen) atoms. The lowest BCUT2D eigenvalue weighted by molar-refractivity contribution is -0.137. The van der Waals surface area contributed by atoms with E-state index in [2.05, 4.69) is 6.07 Å². The molecule has 1 heterocycles. The molecule has 2 atom stereocenters. The summed E-state index contributed by atoms with van der Waals surface area (Å²) in [4.78, 5) is 13.9. The number of rotatable bonds is 2. The predicted octanol–water partition coefficient (Wildman–Crippen LogP) is 2.21. The van der Waals surface area contributed by atoms with E-state index in [1.165, 1.54) is 0 Å². The van der Waals surface area contributed by atoms with Crippen LogP contribution in [0.2, 0.25) is 0 Å². The van der Waals surface area contributed by atoms with Crippen LogP contribution in [0.4, 0.5) is 0 Å². The van der Waals surface area contributed by atoms with Crippen LogP contribution in [-0.4, -0.2) is 36.1 Å². The minimum atomic E-state index is -0.00337. The number of amides is 1. The smallest absolute Gasteiger partial charge is 0.246 e. The molecule has 0 spiro atoms. The molecule has 104 valence electrons. The van der Waals surface area contributed by atoms with E-state index in [-0.39, 0.29) is 18.1 Å². The van der Waals surface area contributed by atoms with Crippen LogP contribution in [0.1, 0.15) is 25.0 Å². The van der Waals surface area contributed by atoms with E-state index >= 15 is 0 Å². The number of carbonyl (C=O) groups is 1. The van der Waals surface area contributed by atoms with Crippen molar-refractivity contribution in [3.63, 3.8) is 0 Å². The molecular weight excluding hydrogens is 252 g/mol. The third-order valence-corrected chi connectivity index (χ3v) is 3.19. The van der Waals surface area contributed by atoms with Gasteiger partial charge in [0.2, 0.25) is 5.91 Å².